The molecule has 0 aliphatic heterocycles. The Balaban J connectivity index is 3.02. The van der Waals surface area contributed by atoms with E-state index in [4.69, 9.17) is 42.3 Å². The molecule has 11 heteroatoms. The van der Waals surface area contributed by atoms with Crippen molar-refractivity contribution in [2.75, 3.05) is 119 Å². The molecule has 0 radical (unpaired) electrons. The summed E-state index contributed by atoms with van der Waals surface area (Å²) in [5.41, 5.74) is 0. The van der Waals surface area contributed by atoms with Gasteiger partial charge in [-0.3, -0.25) is 0 Å². The van der Waals surface area contributed by atoms with Crippen molar-refractivity contribution in [2.45, 2.75) is 19.6 Å². The fourth-order valence-corrected chi connectivity index (χ4v) is 2.80. The quantitative estimate of drug-likeness (QED) is 0.127. The van der Waals surface area contributed by atoms with Gasteiger partial charge < -0.3 is 42.3 Å². The second-order valence-electron chi connectivity index (χ2n) is 7.55. The van der Waals surface area contributed by atoms with E-state index in [1.54, 1.807) is 0 Å². The maximum atomic E-state index is 11.8. The average molecular weight is 489 g/mol. The van der Waals surface area contributed by atoms with Gasteiger partial charge >= 0.3 is 0 Å². The van der Waals surface area contributed by atoms with E-state index in [-0.39, 0.29) is 6.61 Å². The second kappa shape index (κ2) is 25.4. The molecule has 0 aromatic carbocycles. The van der Waals surface area contributed by atoms with Gasteiger partial charge in [-0.05, 0) is 19.6 Å². The molecule has 0 spiro atoms. The second-order valence-corrected chi connectivity index (χ2v) is 12.1. The van der Waals surface area contributed by atoms with Gasteiger partial charge in [0.05, 0.1) is 112 Å². The Morgan fingerprint density at radius 1 is 0.375 bits per heavy atom. The molecule has 0 heterocycles. The van der Waals surface area contributed by atoms with E-state index in [1.807, 2.05) is 0 Å². The van der Waals surface area contributed by atoms with Crippen LogP contribution in [0.3, 0.4) is 0 Å². The van der Waals surface area contributed by atoms with Gasteiger partial charge in [0.25, 0.3) is 0 Å². The Morgan fingerprint density at radius 3 is 0.812 bits per heavy atom. The van der Waals surface area contributed by atoms with Crippen LogP contribution in [0.1, 0.15) is 0 Å². The summed E-state index contributed by atoms with van der Waals surface area (Å²) in [6.45, 7) is 14.5. The van der Waals surface area contributed by atoms with E-state index in [0.29, 0.717) is 106 Å². The maximum Gasteiger partial charge on any atom is 0.183 e. The van der Waals surface area contributed by atoms with Gasteiger partial charge in [0.15, 0.2) is 8.32 Å². The molecule has 0 bridgehead atoms. The summed E-state index contributed by atoms with van der Waals surface area (Å²) in [7, 11) is -1.44. The molecular weight excluding hydrogens is 443 g/mol. The summed E-state index contributed by atoms with van der Waals surface area (Å²) in [6.07, 6.45) is 0. The van der Waals surface area contributed by atoms with Crippen LogP contribution in [0.2, 0.25) is 19.6 Å². The summed E-state index contributed by atoms with van der Waals surface area (Å²) >= 11 is 0. The molecule has 0 fully saturated rings. The lowest BCUT2D eigenvalue weighted by atomic mass is 10.6. The molecule has 9 nitrogen and oxygen atoms in total. The lowest BCUT2D eigenvalue weighted by Gasteiger charge is -2.16. The van der Waals surface area contributed by atoms with Crippen molar-refractivity contribution in [3.05, 3.63) is 0 Å². The molecule has 0 aromatic heterocycles. The average Bonchev–Trinajstić information content (AvgIpc) is 2.75. The monoisotopic (exact) mass is 488 g/mol. The third-order valence-corrected chi connectivity index (χ3v) is 4.66. The van der Waals surface area contributed by atoms with Gasteiger partial charge in [0.1, 0.15) is 6.67 Å². The molecule has 0 saturated carbocycles. The van der Waals surface area contributed by atoms with Gasteiger partial charge in [-0.1, -0.05) is 0 Å². The van der Waals surface area contributed by atoms with Crippen molar-refractivity contribution >= 4 is 8.32 Å². The van der Waals surface area contributed by atoms with Crippen LogP contribution in [0.5, 0.6) is 0 Å². The van der Waals surface area contributed by atoms with Crippen LogP contribution in [0.25, 0.3) is 0 Å². The van der Waals surface area contributed by atoms with Crippen LogP contribution in [0.4, 0.5) is 4.39 Å². The SMILES string of the molecule is C[Si](C)(C)OCCOCCOCCOCCOCCOCCOCCOCCOCCF. The number of ether oxygens (including phenoxy) is 8. The largest absolute Gasteiger partial charge is 0.415 e. The smallest absolute Gasteiger partial charge is 0.183 e. The lowest BCUT2D eigenvalue weighted by Crippen LogP contribution is -2.27. The van der Waals surface area contributed by atoms with Crippen molar-refractivity contribution < 1.29 is 46.7 Å². The first kappa shape index (κ1) is 31.8. The van der Waals surface area contributed by atoms with Crippen LogP contribution in [0.15, 0.2) is 0 Å². The summed E-state index contributed by atoms with van der Waals surface area (Å²) < 4.78 is 60.2. The fraction of sp³-hybridized carbons (Fsp3) is 1.00. The number of hydrogen-bond donors (Lipinski definition) is 0. The molecule has 0 amide bonds. The van der Waals surface area contributed by atoms with Gasteiger partial charge in [-0.15, -0.1) is 0 Å². The van der Waals surface area contributed by atoms with E-state index in [1.165, 1.54) is 0 Å². The standard InChI is InChI=1S/C21H45FO9Si/c1-32(2,3)31-21-20-30-19-18-29-17-16-28-15-14-27-13-12-26-11-10-25-9-8-24-7-6-23-5-4-22/h4-21H2,1-3H3. The van der Waals surface area contributed by atoms with E-state index in [0.717, 1.165) is 0 Å². The first-order chi connectivity index (χ1) is 15.6. The topological polar surface area (TPSA) is 83.1 Å². The minimum absolute atomic E-state index is 0.120. The maximum absolute atomic E-state index is 11.8. The van der Waals surface area contributed by atoms with Crippen LogP contribution in [-0.2, 0) is 42.3 Å². The summed E-state index contributed by atoms with van der Waals surface area (Å²) in [6, 6.07) is 0. The third kappa shape index (κ3) is 29.8. The predicted octanol–water partition coefficient (Wildman–Crippen LogP) is 1.94. The van der Waals surface area contributed by atoms with Crippen molar-refractivity contribution in [1.29, 1.82) is 0 Å². The van der Waals surface area contributed by atoms with Crippen LogP contribution in [-0.4, -0.2) is 127 Å². The van der Waals surface area contributed by atoms with Crippen LogP contribution in [0, 0.1) is 0 Å². The Morgan fingerprint density at radius 2 is 0.594 bits per heavy atom. The van der Waals surface area contributed by atoms with E-state index >= 15 is 0 Å². The Bertz CT molecular complexity index is 363. The number of hydrogen-bond acceptors (Lipinski definition) is 9. The minimum Gasteiger partial charge on any atom is -0.415 e. The van der Waals surface area contributed by atoms with E-state index in [2.05, 4.69) is 19.6 Å². The molecule has 0 saturated heterocycles. The molecule has 0 aliphatic carbocycles. The number of alkyl halides is 1. The molecule has 0 aliphatic rings. The van der Waals surface area contributed by atoms with Crippen molar-refractivity contribution in [3.63, 3.8) is 0 Å². The summed E-state index contributed by atoms with van der Waals surface area (Å²) in [5.74, 6) is 0. The highest BCUT2D eigenvalue weighted by molar-refractivity contribution is 6.69. The van der Waals surface area contributed by atoms with Crippen LogP contribution >= 0.6 is 0 Å². The lowest BCUT2D eigenvalue weighted by molar-refractivity contribution is -0.0238. The highest BCUT2D eigenvalue weighted by Gasteiger charge is 2.12. The summed E-state index contributed by atoms with van der Waals surface area (Å²) in [5, 5.41) is 0. The number of halogens is 1. The zero-order valence-electron chi connectivity index (χ0n) is 20.3. The first-order valence-corrected chi connectivity index (χ1v) is 14.8. The highest BCUT2D eigenvalue weighted by Crippen LogP contribution is 2.01. The normalized spacial score (nSPS) is 12.0. The van der Waals surface area contributed by atoms with Gasteiger partial charge in [-0.25, -0.2) is 4.39 Å². The van der Waals surface area contributed by atoms with Crippen LogP contribution < -0.4 is 0 Å². The molecule has 194 valence electrons. The first-order valence-electron chi connectivity index (χ1n) is 11.4. The Labute approximate surface area is 194 Å². The Kier molecular flexibility index (Phi) is 25.2. The molecule has 32 heavy (non-hydrogen) atoms. The van der Waals surface area contributed by atoms with E-state index < -0.39 is 15.0 Å². The van der Waals surface area contributed by atoms with Gasteiger partial charge in [-0.2, -0.15) is 0 Å². The van der Waals surface area contributed by atoms with E-state index in [9.17, 15) is 4.39 Å². The molecule has 0 N–H and O–H groups in total. The molecule has 0 atom stereocenters. The highest BCUT2D eigenvalue weighted by atomic mass is 28.4. The van der Waals surface area contributed by atoms with Gasteiger partial charge in [0.2, 0.25) is 0 Å². The zero-order chi connectivity index (χ0) is 23.6. The summed E-state index contributed by atoms with van der Waals surface area (Å²) in [4.78, 5) is 0. The van der Waals surface area contributed by atoms with Crippen molar-refractivity contribution in [3.8, 4) is 0 Å². The zero-order valence-corrected chi connectivity index (χ0v) is 21.3. The molecular formula is C21H45FO9Si. The van der Waals surface area contributed by atoms with Crippen molar-refractivity contribution in [2.24, 2.45) is 0 Å². The minimum atomic E-state index is -1.44. The predicted molar refractivity (Wildman–Crippen MR) is 122 cm³/mol. The molecule has 0 aromatic rings. The third-order valence-electron chi connectivity index (χ3n) is 3.59. The number of rotatable bonds is 27. The van der Waals surface area contributed by atoms with Gasteiger partial charge in [0, 0.05) is 0 Å². The fourth-order valence-electron chi connectivity index (χ4n) is 2.10. The molecule has 0 unspecified atom stereocenters. The molecule has 0 rings (SSSR count). The van der Waals surface area contributed by atoms with Crippen molar-refractivity contribution in [1.82, 2.24) is 0 Å². The Hall–Kier alpha value is -0.213.